The Kier molecular flexibility index (Phi) is 5.14. The van der Waals surface area contributed by atoms with Gasteiger partial charge in [-0.3, -0.25) is 4.79 Å². The molecule has 0 bridgehead atoms. The highest BCUT2D eigenvalue weighted by molar-refractivity contribution is 5.73. The topological polar surface area (TPSA) is 77.0 Å². The van der Waals surface area contributed by atoms with Crippen molar-refractivity contribution in [3.63, 3.8) is 0 Å². The van der Waals surface area contributed by atoms with Crippen molar-refractivity contribution in [2.75, 3.05) is 20.4 Å². The molecule has 0 spiro atoms. The van der Waals surface area contributed by atoms with Crippen molar-refractivity contribution in [3.05, 3.63) is 29.8 Å². The number of fused-ring (bicyclic) bond motifs is 1. The summed E-state index contributed by atoms with van der Waals surface area (Å²) in [7, 11) is 1.57. The summed E-state index contributed by atoms with van der Waals surface area (Å²) < 4.78 is 16.3. The van der Waals surface area contributed by atoms with E-state index in [0.29, 0.717) is 23.8 Å². The molecule has 3 rings (SSSR count). The average molecular weight is 361 g/mol. The molecule has 6 nitrogen and oxygen atoms in total. The van der Waals surface area contributed by atoms with Gasteiger partial charge < -0.3 is 24.6 Å². The fourth-order valence-electron chi connectivity index (χ4n) is 4.13. The minimum atomic E-state index is -0.780. The van der Waals surface area contributed by atoms with E-state index in [9.17, 15) is 9.90 Å². The molecule has 26 heavy (non-hydrogen) atoms. The Morgan fingerprint density at radius 1 is 1.42 bits per heavy atom. The van der Waals surface area contributed by atoms with Crippen molar-refractivity contribution in [1.82, 2.24) is 5.32 Å². The third-order valence-corrected chi connectivity index (χ3v) is 5.22. The Bertz CT molecular complexity index is 712. The second-order valence-corrected chi connectivity index (χ2v) is 7.63. The van der Waals surface area contributed by atoms with Gasteiger partial charge in [0.25, 0.3) is 0 Å². The number of carboxylic acids is 1. The summed E-state index contributed by atoms with van der Waals surface area (Å²) in [4.78, 5) is 12.1. The number of aliphatic carboxylic acids is 1. The van der Waals surface area contributed by atoms with Crippen LogP contribution in [0, 0.1) is 11.3 Å². The molecule has 0 saturated carbocycles. The van der Waals surface area contributed by atoms with Gasteiger partial charge in [0.05, 0.1) is 13.0 Å². The molecule has 2 aliphatic rings. The number of benzene rings is 1. The van der Waals surface area contributed by atoms with Gasteiger partial charge in [0.15, 0.2) is 11.5 Å². The molecular formula is C20H27NO5. The second kappa shape index (κ2) is 7.19. The van der Waals surface area contributed by atoms with Crippen LogP contribution >= 0.6 is 0 Å². The van der Waals surface area contributed by atoms with Gasteiger partial charge in [0, 0.05) is 18.5 Å². The lowest BCUT2D eigenvalue weighted by Gasteiger charge is -2.28. The quantitative estimate of drug-likeness (QED) is 0.758. The molecule has 2 aliphatic heterocycles. The van der Waals surface area contributed by atoms with E-state index in [2.05, 4.69) is 25.2 Å². The van der Waals surface area contributed by atoms with Crippen molar-refractivity contribution in [2.24, 2.45) is 11.3 Å². The van der Waals surface area contributed by atoms with Crippen LogP contribution in [0.3, 0.4) is 0 Å². The van der Waals surface area contributed by atoms with Gasteiger partial charge in [-0.2, -0.15) is 0 Å². The van der Waals surface area contributed by atoms with Crippen LogP contribution in [0.1, 0.15) is 38.7 Å². The van der Waals surface area contributed by atoms with Crippen LogP contribution in [0.25, 0.3) is 0 Å². The zero-order valence-electron chi connectivity index (χ0n) is 15.7. The molecule has 1 aromatic rings. The Morgan fingerprint density at radius 3 is 2.85 bits per heavy atom. The van der Waals surface area contributed by atoms with E-state index in [4.69, 9.17) is 14.2 Å². The first-order valence-corrected chi connectivity index (χ1v) is 8.94. The molecule has 0 radical (unpaired) electrons. The van der Waals surface area contributed by atoms with Crippen LogP contribution in [0.2, 0.25) is 0 Å². The van der Waals surface area contributed by atoms with Crippen LogP contribution < -0.4 is 19.5 Å². The summed E-state index contributed by atoms with van der Waals surface area (Å²) in [5.41, 5.74) is 0.832. The zero-order valence-corrected chi connectivity index (χ0v) is 15.7. The third kappa shape index (κ3) is 3.51. The number of hydrogen-bond acceptors (Lipinski definition) is 5. The molecule has 1 fully saturated rings. The second-order valence-electron chi connectivity index (χ2n) is 7.63. The molecule has 0 aliphatic carbocycles. The highest BCUT2D eigenvalue weighted by Crippen LogP contribution is 2.46. The van der Waals surface area contributed by atoms with Crippen molar-refractivity contribution in [1.29, 1.82) is 0 Å². The molecule has 6 heteroatoms. The summed E-state index contributed by atoms with van der Waals surface area (Å²) in [6.45, 7) is 7.01. The van der Waals surface area contributed by atoms with Gasteiger partial charge >= 0.3 is 5.97 Å². The molecule has 2 unspecified atom stereocenters. The number of ether oxygens (including phenoxy) is 3. The first kappa shape index (κ1) is 18.6. The van der Waals surface area contributed by atoms with Gasteiger partial charge in [-0.1, -0.05) is 26.0 Å². The summed E-state index contributed by atoms with van der Waals surface area (Å²) in [5, 5.41) is 13.3. The number of methoxy groups -OCH3 is 1. The Balaban J connectivity index is 1.90. The normalized spacial score (nSPS) is 25.0. The lowest BCUT2D eigenvalue weighted by atomic mass is 9.78. The van der Waals surface area contributed by atoms with E-state index in [1.165, 1.54) is 0 Å². The van der Waals surface area contributed by atoms with Crippen molar-refractivity contribution in [2.45, 2.75) is 39.2 Å². The maximum Gasteiger partial charge on any atom is 0.308 e. The number of hydrogen-bond donors (Lipinski definition) is 2. The maximum absolute atomic E-state index is 12.1. The molecule has 142 valence electrons. The Labute approximate surface area is 154 Å². The molecule has 0 amide bonds. The standard InChI is InChI=1S/C20H27NO5/c1-5-6-20(2,3)9-14-17(19(22)23)13(10-21-14)12-7-15(24-4)18-16(8-12)25-11-26-18/h5-8,13-14,17,21H,9-11H2,1-4H3,(H,22,23)/b6-5+/t13?,14?,17-/m1/s1. The van der Waals surface area contributed by atoms with Crippen molar-refractivity contribution in [3.8, 4) is 17.2 Å². The van der Waals surface area contributed by atoms with Crippen LogP contribution in [0.15, 0.2) is 24.3 Å². The molecule has 1 aromatic carbocycles. The van der Waals surface area contributed by atoms with E-state index in [1.807, 2.05) is 25.1 Å². The fraction of sp³-hybridized carbons (Fsp3) is 0.550. The van der Waals surface area contributed by atoms with E-state index in [0.717, 1.165) is 12.0 Å². The average Bonchev–Trinajstić information content (AvgIpc) is 3.19. The number of carboxylic acid groups (broad SMARTS) is 1. The maximum atomic E-state index is 12.1. The predicted octanol–water partition coefficient (Wildman–Crippen LogP) is 3.17. The minimum absolute atomic E-state index is 0.0679. The van der Waals surface area contributed by atoms with Gasteiger partial charge in [0.2, 0.25) is 12.5 Å². The number of allylic oxidation sites excluding steroid dienone is 2. The first-order chi connectivity index (χ1) is 12.4. The number of carbonyl (C=O) groups is 1. The number of rotatable bonds is 6. The van der Waals surface area contributed by atoms with Crippen LogP contribution in [-0.2, 0) is 4.79 Å². The highest BCUT2D eigenvalue weighted by atomic mass is 16.7. The van der Waals surface area contributed by atoms with Gasteiger partial charge in [0.1, 0.15) is 0 Å². The minimum Gasteiger partial charge on any atom is -0.493 e. The molecule has 0 aromatic heterocycles. The summed E-state index contributed by atoms with van der Waals surface area (Å²) in [6.07, 6.45) is 4.90. The van der Waals surface area contributed by atoms with E-state index < -0.39 is 11.9 Å². The lowest BCUT2D eigenvalue weighted by Crippen LogP contribution is -2.36. The first-order valence-electron chi connectivity index (χ1n) is 8.94. The lowest BCUT2D eigenvalue weighted by molar-refractivity contribution is -0.142. The predicted molar refractivity (Wildman–Crippen MR) is 98.0 cm³/mol. The SMILES string of the molecule is C/C=C/C(C)(C)CC1NCC(c2cc(OC)c3c(c2)OCO3)[C@H]1C(=O)O. The van der Waals surface area contributed by atoms with Gasteiger partial charge in [-0.15, -0.1) is 0 Å². The van der Waals surface area contributed by atoms with Crippen LogP contribution in [0.5, 0.6) is 17.2 Å². The van der Waals surface area contributed by atoms with Crippen molar-refractivity contribution >= 4 is 5.97 Å². The van der Waals surface area contributed by atoms with Crippen LogP contribution in [0.4, 0.5) is 0 Å². The summed E-state index contributed by atoms with van der Waals surface area (Å²) in [5.74, 6) is 0.336. The Hall–Kier alpha value is -2.21. The van der Waals surface area contributed by atoms with E-state index in [1.54, 1.807) is 7.11 Å². The van der Waals surface area contributed by atoms with E-state index >= 15 is 0 Å². The van der Waals surface area contributed by atoms with Crippen molar-refractivity contribution < 1.29 is 24.1 Å². The summed E-state index contributed by atoms with van der Waals surface area (Å²) >= 11 is 0. The monoisotopic (exact) mass is 361 g/mol. The molecule has 2 heterocycles. The number of nitrogens with one attached hydrogen (secondary N) is 1. The van der Waals surface area contributed by atoms with Gasteiger partial charge in [-0.05, 0) is 36.5 Å². The Morgan fingerprint density at radius 2 is 2.19 bits per heavy atom. The fourth-order valence-corrected chi connectivity index (χ4v) is 4.13. The zero-order chi connectivity index (χ0) is 18.9. The van der Waals surface area contributed by atoms with E-state index in [-0.39, 0.29) is 24.2 Å². The molecule has 1 saturated heterocycles. The molecule has 2 N–H and O–H groups in total. The summed E-state index contributed by atoms with van der Waals surface area (Å²) in [6, 6.07) is 3.65. The van der Waals surface area contributed by atoms with Gasteiger partial charge in [-0.25, -0.2) is 0 Å². The molecule has 3 atom stereocenters. The van der Waals surface area contributed by atoms with Crippen LogP contribution in [-0.4, -0.2) is 37.6 Å². The third-order valence-electron chi connectivity index (χ3n) is 5.22. The smallest absolute Gasteiger partial charge is 0.308 e. The molecular weight excluding hydrogens is 334 g/mol. The largest absolute Gasteiger partial charge is 0.493 e. The highest BCUT2D eigenvalue weighted by Gasteiger charge is 2.44.